The van der Waals surface area contributed by atoms with Crippen LogP contribution in [0.25, 0.3) is 0 Å². The highest BCUT2D eigenvalue weighted by molar-refractivity contribution is 6.63. The quantitative estimate of drug-likeness (QED) is 0.0725. The molecule has 0 aromatic heterocycles. The number of allylic oxidation sites excluding steroid dienone is 7. The molecule has 1 aliphatic rings. The first-order chi connectivity index (χ1) is 21.5. The Morgan fingerprint density at radius 1 is 0.913 bits per heavy atom. The number of likely N-dealkylation sites (tertiary alicyclic amines) is 1. The molecule has 46 heavy (non-hydrogen) atoms. The van der Waals surface area contributed by atoms with Gasteiger partial charge in [0.25, 0.3) is 11.7 Å². The van der Waals surface area contributed by atoms with Crippen molar-refractivity contribution in [3.63, 3.8) is 0 Å². The van der Waals surface area contributed by atoms with Crippen molar-refractivity contribution >= 4 is 29.0 Å². The lowest BCUT2D eigenvalue weighted by atomic mass is 9.90. The van der Waals surface area contributed by atoms with Gasteiger partial charge in [-0.3, -0.25) is 24.0 Å². The molecule has 7 atom stereocenters. The Kier molecular flexibility index (Phi) is 18.7. The van der Waals surface area contributed by atoms with Gasteiger partial charge in [-0.15, -0.1) is 0 Å². The van der Waals surface area contributed by atoms with Crippen LogP contribution in [0.15, 0.2) is 47.6 Å². The van der Waals surface area contributed by atoms with Crippen LogP contribution in [0, 0.1) is 17.8 Å². The number of rotatable bonds is 20. The monoisotopic (exact) mass is 643 g/mol. The van der Waals surface area contributed by atoms with E-state index in [9.17, 15) is 39.3 Å². The van der Waals surface area contributed by atoms with Crippen LogP contribution in [-0.4, -0.2) is 80.2 Å². The number of nitrogens with zero attached hydrogens (tertiary/aromatic N) is 1. The largest absolute Gasteiger partial charge is 0.393 e. The third-order valence-electron chi connectivity index (χ3n) is 8.81. The van der Waals surface area contributed by atoms with Crippen molar-refractivity contribution in [2.24, 2.45) is 17.8 Å². The molecular formula is C37H57NO8. The van der Waals surface area contributed by atoms with Crippen LogP contribution < -0.4 is 0 Å². The molecule has 1 fully saturated rings. The molecule has 0 saturated carbocycles. The van der Waals surface area contributed by atoms with E-state index in [0.717, 1.165) is 24.8 Å². The van der Waals surface area contributed by atoms with Crippen molar-refractivity contribution in [1.82, 2.24) is 4.90 Å². The van der Waals surface area contributed by atoms with Gasteiger partial charge in [-0.2, -0.15) is 0 Å². The molecule has 0 aliphatic carbocycles. The SMILES string of the molecule is CC(=O)C/C=C(\C)C(O)CC(=O)C(C)C[C@H](C)/C=C/C=C/C=C(\C)CCC(O)CC(O)C(C)C(=O)C(=O)C(=O)N1CCCCC1C. The van der Waals surface area contributed by atoms with E-state index < -0.39 is 41.7 Å². The van der Waals surface area contributed by atoms with Gasteiger partial charge in [0, 0.05) is 37.3 Å². The summed E-state index contributed by atoms with van der Waals surface area (Å²) in [5.74, 6) is -3.98. The molecule has 3 N–H and O–H groups in total. The molecule has 9 heteroatoms. The first-order valence-electron chi connectivity index (χ1n) is 16.7. The van der Waals surface area contributed by atoms with Crippen LogP contribution in [0.4, 0.5) is 0 Å². The maximum atomic E-state index is 12.6. The van der Waals surface area contributed by atoms with E-state index in [1.165, 1.54) is 18.7 Å². The lowest BCUT2D eigenvalue weighted by molar-refractivity contribution is -0.153. The van der Waals surface area contributed by atoms with E-state index in [1.54, 1.807) is 13.0 Å². The molecule has 9 nitrogen and oxygen atoms in total. The number of aliphatic hydroxyl groups is 3. The molecule has 0 aromatic rings. The standard InChI is InChI=1S/C37H57NO8/c1-24(13-9-8-10-14-25(2)21-27(4)33(42)23-32(41)26(3)17-18-29(6)39)16-19-31(40)22-34(43)30(7)35(44)36(45)37(46)38-20-12-11-15-28(38)5/h8-10,13-14,17,25,27-28,30-32,34,40-41,43H,11-12,15-16,18-23H2,1-7H3/b9-8+,14-10+,24-13+,26-17+/t25-,27?,28?,30?,31?,32?,34?/m1/s1. The van der Waals surface area contributed by atoms with Crippen molar-refractivity contribution in [3.8, 4) is 0 Å². The van der Waals surface area contributed by atoms with Gasteiger partial charge in [0.15, 0.2) is 0 Å². The number of carbonyl (C=O) groups excluding carboxylic acids is 5. The van der Waals surface area contributed by atoms with Crippen molar-refractivity contribution in [2.75, 3.05) is 6.54 Å². The topological polar surface area (TPSA) is 149 Å². The van der Waals surface area contributed by atoms with Gasteiger partial charge in [0.05, 0.1) is 18.3 Å². The van der Waals surface area contributed by atoms with Crippen molar-refractivity contribution in [1.29, 1.82) is 0 Å². The first-order valence-corrected chi connectivity index (χ1v) is 16.7. The number of ketones is 4. The second-order valence-corrected chi connectivity index (χ2v) is 13.3. The number of Topliss-reactive ketones (excluding diaryl/α,β-unsaturated/α-hetero) is 4. The van der Waals surface area contributed by atoms with Crippen molar-refractivity contribution < 1.29 is 39.3 Å². The Balaban J connectivity index is 2.46. The summed E-state index contributed by atoms with van der Waals surface area (Å²) >= 11 is 0. The summed E-state index contributed by atoms with van der Waals surface area (Å²) in [7, 11) is 0. The number of hydrogen-bond acceptors (Lipinski definition) is 8. The van der Waals surface area contributed by atoms with Gasteiger partial charge >= 0.3 is 0 Å². The van der Waals surface area contributed by atoms with E-state index in [0.29, 0.717) is 31.4 Å². The highest BCUT2D eigenvalue weighted by Gasteiger charge is 2.36. The number of hydrogen-bond donors (Lipinski definition) is 3. The summed E-state index contributed by atoms with van der Waals surface area (Å²) in [4.78, 5) is 62.8. The third-order valence-corrected chi connectivity index (χ3v) is 8.81. The summed E-state index contributed by atoms with van der Waals surface area (Å²) in [6.45, 7) is 12.7. The minimum absolute atomic E-state index is 0.00608. The number of carbonyl (C=O) groups is 5. The minimum atomic E-state index is -1.24. The van der Waals surface area contributed by atoms with Gasteiger partial charge in [0.1, 0.15) is 11.6 Å². The maximum absolute atomic E-state index is 12.6. The zero-order valence-electron chi connectivity index (χ0n) is 28.9. The van der Waals surface area contributed by atoms with Crippen LogP contribution in [0.5, 0.6) is 0 Å². The van der Waals surface area contributed by atoms with Gasteiger partial charge < -0.3 is 20.2 Å². The molecular weight excluding hydrogens is 586 g/mol. The molecule has 0 spiro atoms. The Morgan fingerprint density at radius 2 is 1.59 bits per heavy atom. The molecule has 0 radical (unpaired) electrons. The average Bonchev–Trinajstić information content (AvgIpc) is 3.00. The lowest BCUT2D eigenvalue weighted by Crippen LogP contribution is -2.49. The van der Waals surface area contributed by atoms with E-state index in [-0.39, 0.29) is 48.7 Å². The van der Waals surface area contributed by atoms with Crippen LogP contribution in [-0.2, 0) is 24.0 Å². The molecule has 1 aliphatic heterocycles. The van der Waals surface area contributed by atoms with E-state index in [1.807, 2.05) is 58.1 Å². The molecule has 1 rings (SSSR count). The summed E-state index contributed by atoms with van der Waals surface area (Å²) in [6.07, 6.45) is 12.6. The van der Waals surface area contributed by atoms with E-state index in [2.05, 4.69) is 0 Å². The summed E-state index contributed by atoms with van der Waals surface area (Å²) in [6, 6.07) is -0.0951. The van der Waals surface area contributed by atoms with Crippen molar-refractivity contribution in [2.45, 2.75) is 131 Å². The summed E-state index contributed by atoms with van der Waals surface area (Å²) in [5.41, 5.74) is 1.65. The lowest BCUT2D eigenvalue weighted by Gasteiger charge is -2.33. The zero-order chi connectivity index (χ0) is 35.0. The number of amides is 1. The van der Waals surface area contributed by atoms with Gasteiger partial charge in [0.2, 0.25) is 5.78 Å². The smallest absolute Gasteiger partial charge is 0.298 e. The van der Waals surface area contributed by atoms with Gasteiger partial charge in [-0.05, 0) is 84.1 Å². The molecule has 6 unspecified atom stereocenters. The zero-order valence-corrected chi connectivity index (χ0v) is 28.9. The molecule has 1 saturated heterocycles. The molecule has 258 valence electrons. The van der Waals surface area contributed by atoms with Crippen LogP contribution >= 0.6 is 0 Å². The minimum Gasteiger partial charge on any atom is -0.393 e. The van der Waals surface area contributed by atoms with E-state index >= 15 is 0 Å². The Morgan fingerprint density at radius 3 is 2.22 bits per heavy atom. The fourth-order valence-corrected chi connectivity index (χ4v) is 5.39. The molecule has 0 bridgehead atoms. The highest BCUT2D eigenvalue weighted by Crippen LogP contribution is 2.21. The summed E-state index contributed by atoms with van der Waals surface area (Å²) < 4.78 is 0. The fraction of sp³-hybridized carbons (Fsp3) is 0.649. The Bertz CT molecular complexity index is 1170. The molecule has 1 amide bonds. The maximum Gasteiger partial charge on any atom is 0.298 e. The Labute approximate surface area is 275 Å². The van der Waals surface area contributed by atoms with Crippen LogP contribution in [0.1, 0.15) is 106 Å². The Hall–Kier alpha value is -3.01. The van der Waals surface area contributed by atoms with E-state index in [4.69, 9.17) is 0 Å². The van der Waals surface area contributed by atoms with Crippen LogP contribution in [0.2, 0.25) is 0 Å². The fourth-order valence-electron chi connectivity index (χ4n) is 5.39. The van der Waals surface area contributed by atoms with Crippen LogP contribution in [0.3, 0.4) is 0 Å². The first kappa shape index (κ1) is 41.0. The predicted octanol–water partition coefficient (Wildman–Crippen LogP) is 5.02. The highest BCUT2D eigenvalue weighted by atomic mass is 16.3. The average molecular weight is 644 g/mol. The molecule has 0 aromatic carbocycles. The third kappa shape index (κ3) is 15.1. The van der Waals surface area contributed by atoms with Crippen molar-refractivity contribution in [3.05, 3.63) is 47.6 Å². The normalized spacial score (nSPS) is 20.3. The number of piperidine rings is 1. The van der Waals surface area contributed by atoms with Gasteiger partial charge in [-0.1, -0.05) is 62.8 Å². The van der Waals surface area contributed by atoms with Gasteiger partial charge in [-0.25, -0.2) is 0 Å². The molecule has 1 heterocycles. The number of aliphatic hydroxyl groups excluding tert-OH is 3. The second-order valence-electron chi connectivity index (χ2n) is 13.3. The second kappa shape index (κ2) is 21.0. The summed E-state index contributed by atoms with van der Waals surface area (Å²) in [5, 5.41) is 31.2. The predicted molar refractivity (Wildman–Crippen MR) is 180 cm³/mol.